The van der Waals surface area contributed by atoms with Gasteiger partial charge in [0.05, 0.1) is 17.0 Å². The molecule has 1 saturated carbocycles. The normalized spacial score (nSPS) is 29.5. The van der Waals surface area contributed by atoms with E-state index in [-0.39, 0.29) is 10.9 Å². The van der Waals surface area contributed by atoms with E-state index >= 15 is 0 Å². The number of halogens is 1. The Balaban J connectivity index is 1.78. The van der Waals surface area contributed by atoms with E-state index in [1.54, 1.807) is 0 Å². The predicted molar refractivity (Wildman–Crippen MR) is 85.0 cm³/mol. The standard InChI is InChI=1S/C16H23FN2O3S/c1-18(23(21,22)13-6-4-5-12(17)11-13)14-7-8-15(16(14)20)19-9-2-3-10-19/h4-6,11,14-16,20H,2-3,7-10H2,1H3/t14-,15-,16-/m1/s1. The van der Waals surface area contributed by atoms with Crippen LogP contribution in [0.4, 0.5) is 4.39 Å². The molecule has 5 nitrogen and oxygen atoms in total. The smallest absolute Gasteiger partial charge is 0.243 e. The molecule has 7 heteroatoms. The first-order chi connectivity index (χ1) is 10.9. The third-order valence-corrected chi connectivity index (χ3v) is 6.98. The fraction of sp³-hybridized carbons (Fsp3) is 0.625. The molecule has 3 rings (SSSR count). The molecular weight excluding hydrogens is 319 g/mol. The van der Waals surface area contributed by atoms with E-state index in [0.29, 0.717) is 6.42 Å². The third kappa shape index (κ3) is 3.15. The van der Waals surface area contributed by atoms with Crippen molar-refractivity contribution in [3.63, 3.8) is 0 Å². The zero-order valence-corrected chi connectivity index (χ0v) is 14.0. The number of aliphatic hydroxyl groups is 1. The lowest BCUT2D eigenvalue weighted by Gasteiger charge is -2.31. The van der Waals surface area contributed by atoms with Crippen LogP contribution < -0.4 is 0 Å². The zero-order valence-electron chi connectivity index (χ0n) is 13.2. The van der Waals surface area contributed by atoms with Crippen molar-refractivity contribution in [3.8, 4) is 0 Å². The van der Waals surface area contributed by atoms with Crippen molar-refractivity contribution in [2.24, 2.45) is 0 Å². The highest BCUT2D eigenvalue weighted by atomic mass is 32.2. The minimum Gasteiger partial charge on any atom is -0.390 e. The maximum absolute atomic E-state index is 13.3. The average molecular weight is 342 g/mol. The summed E-state index contributed by atoms with van der Waals surface area (Å²) in [6.07, 6.45) is 2.96. The van der Waals surface area contributed by atoms with E-state index in [4.69, 9.17) is 0 Å². The first kappa shape index (κ1) is 16.8. The lowest BCUT2D eigenvalue weighted by Crippen LogP contribution is -2.48. The maximum Gasteiger partial charge on any atom is 0.243 e. The summed E-state index contributed by atoms with van der Waals surface area (Å²) in [6, 6.07) is 4.56. The van der Waals surface area contributed by atoms with Gasteiger partial charge in [-0.15, -0.1) is 0 Å². The highest BCUT2D eigenvalue weighted by molar-refractivity contribution is 7.89. The number of likely N-dealkylation sites (N-methyl/N-ethyl adjacent to an activating group) is 1. The summed E-state index contributed by atoms with van der Waals surface area (Å²) in [6.45, 7) is 1.93. The Kier molecular flexibility index (Phi) is 4.73. The second-order valence-corrected chi connectivity index (χ2v) is 8.42. The number of aliphatic hydroxyl groups excluding tert-OH is 1. The lowest BCUT2D eigenvalue weighted by atomic mass is 10.1. The fourth-order valence-electron chi connectivity index (χ4n) is 3.78. The first-order valence-corrected chi connectivity index (χ1v) is 9.51. The highest BCUT2D eigenvalue weighted by Gasteiger charge is 2.43. The number of rotatable bonds is 4. The molecule has 0 radical (unpaired) electrons. The summed E-state index contributed by atoms with van der Waals surface area (Å²) in [5, 5.41) is 10.6. The van der Waals surface area contributed by atoms with E-state index in [1.807, 2.05) is 0 Å². The predicted octanol–water partition coefficient (Wildman–Crippen LogP) is 1.43. The van der Waals surface area contributed by atoms with Crippen molar-refractivity contribution in [1.29, 1.82) is 0 Å². The second-order valence-electron chi connectivity index (χ2n) is 6.42. The van der Waals surface area contributed by atoms with E-state index in [2.05, 4.69) is 4.90 Å². The van der Waals surface area contributed by atoms with Gasteiger partial charge >= 0.3 is 0 Å². The van der Waals surface area contributed by atoms with Crippen LogP contribution in [0.15, 0.2) is 29.2 Å². The van der Waals surface area contributed by atoms with Crippen molar-refractivity contribution in [3.05, 3.63) is 30.1 Å². The molecule has 0 amide bonds. The van der Waals surface area contributed by atoms with Crippen molar-refractivity contribution in [2.45, 2.75) is 48.8 Å². The van der Waals surface area contributed by atoms with Gasteiger partial charge in [-0.25, -0.2) is 12.8 Å². The van der Waals surface area contributed by atoms with Crippen molar-refractivity contribution < 1.29 is 17.9 Å². The largest absolute Gasteiger partial charge is 0.390 e. The Morgan fingerprint density at radius 1 is 1.26 bits per heavy atom. The number of nitrogens with zero attached hydrogens (tertiary/aromatic N) is 2. The molecule has 0 unspecified atom stereocenters. The molecule has 2 fully saturated rings. The molecule has 0 spiro atoms. The summed E-state index contributed by atoms with van der Waals surface area (Å²) in [5.74, 6) is -0.582. The molecule has 1 N–H and O–H groups in total. The quantitative estimate of drug-likeness (QED) is 0.899. The minimum atomic E-state index is -3.81. The monoisotopic (exact) mass is 342 g/mol. The minimum absolute atomic E-state index is 0.0210. The van der Waals surface area contributed by atoms with E-state index in [1.165, 1.54) is 29.6 Å². The van der Waals surface area contributed by atoms with Gasteiger partial charge < -0.3 is 5.11 Å². The molecule has 1 aromatic carbocycles. The van der Waals surface area contributed by atoms with Gasteiger partial charge in [0, 0.05) is 13.1 Å². The second kappa shape index (κ2) is 6.47. The van der Waals surface area contributed by atoms with Gasteiger partial charge in [0.15, 0.2) is 0 Å². The average Bonchev–Trinajstić information content (AvgIpc) is 3.15. The van der Waals surface area contributed by atoms with Crippen LogP contribution in [0.5, 0.6) is 0 Å². The molecule has 3 atom stereocenters. The van der Waals surface area contributed by atoms with Crippen molar-refractivity contribution >= 4 is 10.0 Å². The molecule has 1 aliphatic heterocycles. The Bertz CT molecular complexity index is 661. The lowest BCUT2D eigenvalue weighted by molar-refractivity contribution is 0.0535. The molecule has 1 heterocycles. The molecule has 128 valence electrons. The first-order valence-electron chi connectivity index (χ1n) is 8.07. The van der Waals surface area contributed by atoms with Crippen LogP contribution in [-0.4, -0.2) is 61.1 Å². The highest BCUT2D eigenvalue weighted by Crippen LogP contribution is 2.32. The van der Waals surface area contributed by atoms with Crippen molar-refractivity contribution in [2.75, 3.05) is 20.1 Å². The van der Waals surface area contributed by atoms with Crippen LogP contribution >= 0.6 is 0 Å². The van der Waals surface area contributed by atoms with Gasteiger partial charge in [0.1, 0.15) is 5.82 Å². The van der Waals surface area contributed by atoms with Crippen LogP contribution in [0.2, 0.25) is 0 Å². The molecule has 1 aliphatic carbocycles. The molecule has 23 heavy (non-hydrogen) atoms. The SMILES string of the molecule is CN([C@@H]1CC[C@@H](N2CCCC2)[C@@H]1O)S(=O)(=O)c1cccc(F)c1. The fourth-order valence-corrected chi connectivity index (χ4v) is 5.21. The van der Waals surface area contributed by atoms with E-state index in [9.17, 15) is 17.9 Å². The van der Waals surface area contributed by atoms with Crippen LogP contribution in [0.3, 0.4) is 0 Å². The molecule has 1 saturated heterocycles. The summed E-state index contributed by atoms with van der Waals surface area (Å²) in [7, 11) is -2.34. The van der Waals surface area contributed by atoms with Gasteiger partial charge in [-0.05, 0) is 57.0 Å². The van der Waals surface area contributed by atoms with Crippen molar-refractivity contribution in [1.82, 2.24) is 9.21 Å². The summed E-state index contributed by atoms with van der Waals surface area (Å²) in [4.78, 5) is 2.18. The van der Waals surface area contributed by atoms with E-state index < -0.39 is 28.0 Å². The zero-order chi connectivity index (χ0) is 16.6. The Morgan fingerprint density at radius 2 is 1.96 bits per heavy atom. The van der Waals surface area contributed by atoms with Crippen LogP contribution in [0.25, 0.3) is 0 Å². The number of likely N-dealkylation sites (tertiary alicyclic amines) is 1. The summed E-state index contributed by atoms with van der Waals surface area (Å²) >= 11 is 0. The molecule has 0 aromatic heterocycles. The molecule has 0 bridgehead atoms. The molecule has 1 aromatic rings. The molecular formula is C16H23FN2O3S. The Morgan fingerprint density at radius 3 is 2.61 bits per heavy atom. The Hall–Kier alpha value is -1.02. The number of hydrogen-bond acceptors (Lipinski definition) is 4. The summed E-state index contributed by atoms with van der Waals surface area (Å²) < 4.78 is 39.9. The number of sulfonamides is 1. The number of benzene rings is 1. The van der Waals surface area contributed by atoms with Gasteiger partial charge in [0.25, 0.3) is 0 Å². The van der Waals surface area contributed by atoms with Crippen LogP contribution in [-0.2, 0) is 10.0 Å². The van der Waals surface area contributed by atoms with Crippen LogP contribution in [0.1, 0.15) is 25.7 Å². The van der Waals surface area contributed by atoms with Gasteiger partial charge in [-0.2, -0.15) is 4.31 Å². The van der Waals surface area contributed by atoms with Gasteiger partial charge in [-0.3, -0.25) is 4.90 Å². The van der Waals surface area contributed by atoms with Gasteiger partial charge in [0.2, 0.25) is 10.0 Å². The Labute approximate surface area is 136 Å². The molecule has 2 aliphatic rings. The van der Waals surface area contributed by atoms with Gasteiger partial charge in [-0.1, -0.05) is 6.07 Å². The number of hydrogen-bond donors (Lipinski definition) is 1. The topological polar surface area (TPSA) is 60.9 Å². The summed E-state index contributed by atoms with van der Waals surface area (Å²) in [5.41, 5.74) is 0. The maximum atomic E-state index is 13.3. The third-order valence-electron chi connectivity index (χ3n) is 5.10. The van der Waals surface area contributed by atoms with Crippen LogP contribution in [0, 0.1) is 5.82 Å². The van der Waals surface area contributed by atoms with E-state index in [0.717, 1.165) is 38.4 Å².